The highest BCUT2D eigenvalue weighted by Gasteiger charge is 2.32. The van der Waals surface area contributed by atoms with Crippen molar-refractivity contribution < 1.29 is 4.79 Å². The maximum atomic E-state index is 12.2. The minimum atomic E-state index is 0.349. The molecular formula is C15H16OS. The van der Waals surface area contributed by atoms with Gasteiger partial charge in [-0.05, 0) is 29.7 Å². The molecule has 3 rings (SSSR count). The molecule has 0 amide bonds. The Morgan fingerprint density at radius 3 is 2.65 bits per heavy atom. The summed E-state index contributed by atoms with van der Waals surface area (Å²) in [4.78, 5) is 13.6. The van der Waals surface area contributed by atoms with E-state index in [4.69, 9.17) is 0 Å². The molecule has 1 nitrogen and oxygen atoms in total. The molecule has 0 saturated heterocycles. The molecule has 1 heterocycles. The van der Waals surface area contributed by atoms with E-state index in [0.717, 1.165) is 30.6 Å². The van der Waals surface area contributed by atoms with Gasteiger partial charge in [-0.3, -0.25) is 4.79 Å². The van der Waals surface area contributed by atoms with E-state index in [-0.39, 0.29) is 0 Å². The molecular weight excluding hydrogens is 228 g/mol. The van der Waals surface area contributed by atoms with E-state index in [2.05, 4.69) is 24.3 Å². The van der Waals surface area contributed by atoms with Crippen LogP contribution in [-0.2, 0) is 4.79 Å². The molecule has 2 heteroatoms. The monoisotopic (exact) mass is 244 g/mol. The third kappa shape index (κ3) is 2.06. The SMILES string of the molecule is O=C1CCCCC2=C1C(c1ccccc1)CS2. The zero-order valence-corrected chi connectivity index (χ0v) is 10.6. The number of allylic oxidation sites excluding steroid dienone is 2. The molecule has 1 aromatic carbocycles. The largest absolute Gasteiger partial charge is 0.295 e. The third-order valence-corrected chi connectivity index (χ3v) is 4.91. The maximum absolute atomic E-state index is 12.2. The Balaban J connectivity index is 1.98. The van der Waals surface area contributed by atoms with Crippen molar-refractivity contribution in [2.24, 2.45) is 0 Å². The van der Waals surface area contributed by atoms with Crippen molar-refractivity contribution in [2.75, 3.05) is 5.75 Å². The van der Waals surface area contributed by atoms with Crippen LogP contribution < -0.4 is 0 Å². The van der Waals surface area contributed by atoms with Gasteiger partial charge in [-0.15, -0.1) is 11.8 Å². The van der Waals surface area contributed by atoms with Crippen LogP contribution in [0, 0.1) is 0 Å². The standard InChI is InChI=1S/C15H16OS/c16-13-8-4-5-9-14-15(13)12(10-17-14)11-6-2-1-3-7-11/h1-3,6-7,12H,4-5,8-10H2. The van der Waals surface area contributed by atoms with E-state index in [0.29, 0.717) is 11.7 Å². The second-order valence-corrected chi connectivity index (χ2v) is 5.86. The van der Waals surface area contributed by atoms with Gasteiger partial charge in [0, 0.05) is 23.7 Å². The number of carbonyl (C=O) groups is 1. The summed E-state index contributed by atoms with van der Waals surface area (Å²) in [5.74, 6) is 1.80. The Bertz CT molecular complexity index is 461. The second kappa shape index (κ2) is 4.69. The van der Waals surface area contributed by atoms with Crippen LogP contribution in [0.5, 0.6) is 0 Å². The minimum absolute atomic E-state index is 0.349. The predicted octanol–water partition coefficient (Wildman–Crippen LogP) is 3.91. The summed E-state index contributed by atoms with van der Waals surface area (Å²) in [5.41, 5.74) is 2.44. The Morgan fingerprint density at radius 1 is 1.06 bits per heavy atom. The first kappa shape index (κ1) is 11.1. The van der Waals surface area contributed by atoms with Crippen LogP contribution in [0.1, 0.15) is 37.2 Å². The number of carbonyl (C=O) groups excluding carboxylic acids is 1. The van der Waals surface area contributed by atoms with Crippen molar-refractivity contribution >= 4 is 17.5 Å². The molecule has 0 N–H and O–H groups in total. The molecule has 0 saturated carbocycles. The smallest absolute Gasteiger partial charge is 0.160 e. The number of rotatable bonds is 1. The van der Waals surface area contributed by atoms with Gasteiger partial charge in [0.15, 0.2) is 5.78 Å². The van der Waals surface area contributed by atoms with E-state index in [1.54, 1.807) is 0 Å². The number of hydrogen-bond donors (Lipinski definition) is 0. The zero-order chi connectivity index (χ0) is 11.7. The lowest BCUT2D eigenvalue weighted by Crippen LogP contribution is -2.10. The molecule has 0 radical (unpaired) electrons. The molecule has 1 aliphatic carbocycles. The number of ketones is 1. The van der Waals surface area contributed by atoms with E-state index in [1.807, 2.05) is 17.8 Å². The number of Topliss-reactive ketones (excluding diaryl/α,β-unsaturated/α-hetero) is 1. The lowest BCUT2D eigenvalue weighted by atomic mass is 9.89. The first-order chi connectivity index (χ1) is 8.36. The number of benzene rings is 1. The van der Waals surface area contributed by atoms with Gasteiger partial charge in [0.05, 0.1) is 0 Å². The summed E-state index contributed by atoms with van der Waals surface area (Å²) in [6.45, 7) is 0. The summed E-state index contributed by atoms with van der Waals surface area (Å²) in [5, 5.41) is 0. The van der Waals surface area contributed by atoms with Gasteiger partial charge in [0.2, 0.25) is 0 Å². The molecule has 88 valence electrons. The Morgan fingerprint density at radius 2 is 1.82 bits per heavy atom. The fourth-order valence-corrected chi connectivity index (χ4v) is 4.18. The van der Waals surface area contributed by atoms with Gasteiger partial charge in [-0.25, -0.2) is 0 Å². The van der Waals surface area contributed by atoms with Crippen LogP contribution in [0.4, 0.5) is 0 Å². The fraction of sp³-hybridized carbons (Fsp3) is 0.400. The summed E-state index contributed by atoms with van der Waals surface area (Å²) >= 11 is 1.91. The zero-order valence-electron chi connectivity index (χ0n) is 9.82. The Kier molecular flexibility index (Phi) is 3.06. The molecule has 0 bridgehead atoms. The lowest BCUT2D eigenvalue weighted by Gasteiger charge is -2.13. The number of hydrogen-bond acceptors (Lipinski definition) is 2. The first-order valence-corrected chi connectivity index (χ1v) is 7.29. The average molecular weight is 244 g/mol. The third-order valence-electron chi connectivity index (χ3n) is 3.63. The van der Waals surface area contributed by atoms with Crippen LogP contribution in [0.15, 0.2) is 40.8 Å². The molecule has 0 fully saturated rings. The lowest BCUT2D eigenvalue weighted by molar-refractivity contribution is -0.115. The maximum Gasteiger partial charge on any atom is 0.160 e. The van der Waals surface area contributed by atoms with E-state index < -0.39 is 0 Å². The topological polar surface area (TPSA) is 17.1 Å². The average Bonchev–Trinajstić information content (AvgIpc) is 2.71. The van der Waals surface area contributed by atoms with Crippen LogP contribution >= 0.6 is 11.8 Å². The first-order valence-electron chi connectivity index (χ1n) is 6.30. The molecule has 1 aliphatic heterocycles. The fourth-order valence-electron chi connectivity index (χ4n) is 2.75. The van der Waals surface area contributed by atoms with E-state index in [9.17, 15) is 4.79 Å². The van der Waals surface area contributed by atoms with Crippen LogP contribution in [0.25, 0.3) is 0 Å². The molecule has 1 atom stereocenters. The summed E-state index contributed by atoms with van der Waals surface area (Å²) in [7, 11) is 0. The normalized spacial score (nSPS) is 24.7. The van der Waals surface area contributed by atoms with Crippen LogP contribution in [0.2, 0.25) is 0 Å². The Hall–Kier alpha value is -1.02. The molecule has 2 aliphatic rings. The molecule has 17 heavy (non-hydrogen) atoms. The predicted molar refractivity (Wildman–Crippen MR) is 72.1 cm³/mol. The van der Waals surface area contributed by atoms with Gasteiger partial charge < -0.3 is 0 Å². The highest BCUT2D eigenvalue weighted by atomic mass is 32.2. The van der Waals surface area contributed by atoms with Gasteiger partial charge in [0.25, 0.3) is 0 Å². The molecule has 0 aromatic heterocycles. The summed E-state index contributed by atoms with van der Waals surface area (Å²) in [6, 6.07) is 10.5. The van der Waals surface area contributed by atoms with Crippen LogP contribution in [0.3, 0.4) is 0 Å². The minimum Gasteiger partial charge on any atom is -0.295 e. The van der Waals surface area contributed by atoms with Crippen molar-refractivity contribution in [3.63, 3.8) is 0 Å². The molecule has 1 unspecified atom stereocenters. The quantitative estimate of drug-likeness (QED) is 0.745. The van der Waals surface area contributed by atoms with Crippen molar-refractivity contribution in [2.45, 2.75) is 31.6 Å². The second-order valence-electron chi connectivity index (χ2n) is 4.74. The molecule has 0 spiro atoms. The van der Waals surface area contributed by atoms with E-state index >= 15 is 0 Å². The highest BCUT2D eigenvalue weighted by molar-refractivity contribution is 8.03. The van der Waals surface area contributed by atoms with Gasteiger partial charge in [-0.2, -0.15) is 0 Å². The number of thioether (sulfide) groups is 1. The van der Waals surface area contributed by atoms with Crippen molar-refractivity contribution in [1.29, 1.82) is 0 Å². The van der Waals surface area contributed by atoms with Gasteiger partial charge >= 0.3 is 0 Å². The van der Waals surface area contributed by atoms with Crippen molar-refractivity contribution in [3.8, 4) is 0 Å². The molecule has 1 aromatic rings. The Labute approximate surface area is 106 Å². The van der Waals surface area contributed by atoms with Crippen LogP contribution in [-0.4, -0.2) is 11.5 Å². The van der Waals surface area contributed by atoms with Crippen molar-refractivity contribution in [1.82, 2.24) is 0 Å². The summed E-state index contributed by atoms with van der Waals surface area (Å²) in [6.07, 6.45) is 4.12. The summed E-state index contributed by atoms with van der Waals surface area (Å²) < 4.78 is 0. The highest BCUT2D eigenvalue weighted by Crippen LogP contribution is 2.46. The van der Waals surface area contributed by atoms with Gasteiger partial charge in [0.1, 0.15) is 0 Å². The van der Waals surface area contributed by atoms with E-state index in [1.165, 1.54) is 16.9 Å². The van der Waals surface area contributed by atoms with Gasteiger partial charge in [-0.1, -0.05) is 30.3 Å². The van der Waals surface area contributed by atoms with Crippen molar-refractivity contribution in [3.05, 3.63) is 46.4 Å².